The Bertz CT molecular complexity index is 478. The van der Waals surface area contributed by atoms with Gasteiger partial charge in [-0.3, -0.25) is 0 Å². The van der Waals surface area contributed by atoms with Gasteiger partial charge >= 0.3 is 0 Å². The SMILES string of the molecule is CC(c1ccc(O)cc1)C(N)Cc1ccccc1. The van der Waals surface area contributed by atoms with Crippen molar-refractivity contribution in [1.82, 2.24) is 0 Å². The quantitative estimate of drug-likeness (QED) is 0.864. The van der Waals surface area contributed by atoms with Gasteiger partial charge in [0.1, 0.15) is 5.75 Å². The number of nitrogens with two attached hydrogens (primary N) is 1. The summed E-state index contributed by atoms with van der Waals surface area (Å²) in [5, 5.41) is 9.28. The third-order valence-corrected chi connectivity index (χ3v) is 3.38. The molecule has 2 atom stereocenters. The van der Waals surface area contributed by atoms with Crippen LogP contribution in [-0.4, -0.2) is 11.1 Å². The standard InChI is InChI=1S/C16H19NO/c1-12(14-7-9-15(18)10-8-14)16(17)11-13-5-3-2-4-6-13/h2-10,12,16,18H,11,17H2,1H3. The lowest BCUT2D eigenvalue weighted by molar-refractivity contribution is 0.474. The van der Waals surface area contributed by atoms with Crippen LogP contribution in [0.2, 0.25) is 0 Å². The van der Waals surface area contributed by atoms with Crippen LogP contribution in [0, 0.1) is 0 Å². The third-order valence-electron chi connectivity index (χ3n) is 3.38. The molecule has 18 heavy (non-hydrogen) atoms. The van der Waals surface area contributed by atoms with Crippen molar-refractivity contribution in [2.75, 3.05) is 0 Å². The van der Waals surface area contributed by atoms with Gasteiger partial charge in [0.25, 0.3) is 0 Å². The van der Waals surface area contributed by atoms with Crippen LogP contribution >= 0.6 is 0 Å². The Morgan fingerprint density at radius 2 is 1.61 bits per heavy atom. The van der Waals surface area contributed by atoms with Gasteiger partial charge in [0, 0.05) is 6.04 Å². The van der Waals surface area contributed by atoms with Crippen LogP contribution in [-0.2, 0) is 6.42 Å². The summed E-state index contributed by atoms with van der Waals surface area (Å²) in [6.45, 7) is 2.12. The molecule has 2 rings (SSSR count). The summed E-state index contributed by atoms with van der Waals surface area (Å²) in [7, 11) is 0. The van der Waals surface area contributed by atoms with E-state index in [9.17, 15) is 5.11 Å². The Hall–Kier alpha value is -1.80. The zero-order valence-corrected chi connectivity index (χ0v) is 10.6. The molecule has 2 aromatic rings. The number of phenolic OH excluding ortho intramolecular Hbond substituents is 1. The molecule has 0 aliphatic heterocycles. The first-order valence-corrected chi connectivity index (χ1v) is 6.25. The summed E-state index contributed by atoms with van der Waals surface area (Å²) in [5.41, 5.74) is 8.68. The van der Waals surface area contributed by atoms with Crippen molar-refractivity contribution >= 4 is 0 Å². The van der Waals surface area contributed by atoms with E-state index in [4.69, 9.17) is 5.73 Å². The molecule has 0 saturated carbocycles. The molecular formula is C16H19NO. The molecule has 2 nitrogen and oxygen atoms in total. The summed E-state index contributed by atoms with van der Waals surface area (Å²) in [5.74, 6) is 0.563. The predicted octanol–water partition coefficient (Wildman–Crippen LogP) is 3.07. The number of hydrogen-bond acceptors (Lipinski definition) is 2. The van der Waals surface area contributed by atoms with Crippen molar-refractivity contribution in [3.05, 3.63) is 65.7 Å². The Balaban J connectivity index is 2.05. The first-order valence-electron chi connectivity index (χ1n) is 6.25. The van der Waals surface area contributed by atoms with E-state index < -0.39 is 0 Å². The van der Waals surface area contributed by atoms with Gasteiger partial charge in [0.15, 0.2) is 0 Å². The molecule has 2 unspecified atom stereocenters. The van der Waals surface area contributed by atoms with E-state index in [2.05, 4.69) is 19.1 Å². The van der Waals surface area contributed by atoms with Crippen molar-refractivity contribution in [2.24, 2.45) is 5.73 Å². The Morgan fingerprint density at radius 1 is 1.00 bits per heavy atom. The molecule has 0 aliphatic carbocycles. The van der Waals surface area contributed by atoms with Gasteiger partial charge in [-0.25, -0.2) is 0 Å². The average molecular weight is 241 g/mol. The fraction of sp³-hybridized carbons (Fsp3) is 0.250. The zero-order valence-electron chi connectivity index (χ0n) is 10.6. The van der Waals surface area contributed by atoms with Gasteiger partial charge in [-0.15, -0.1) is 0 Å². The lowest BCUT2D eigenvalue weighted by Gasteiger charge is -2.20. The van der Waals surface area contributed by atoms with Gasteiger partial charge in [-0.2, -0.15) is 0 Å². The molecule has 0 aromatic heterocycles. The molecule has 0 radical (unpaired) electrons. The van der Waals surface area contributed by atoms with Crippen LogP contribution in [0.5, 0.6) is 5.75 Å². The summed E-state index contributed by atoms with van der Waals surface area (Å²) in [4.78, 5) is 0. The molecule has 2 aromatic carbocycles. The molecule has 0 amide bonds. The molecule has 0 aliphatic rings. The van der Waals surface area contributed by atoms with E-state index >= 15 is 0 Å². The number of aromatic hydroxyl groups is 1. The minimum atomic E-state index is 0.0805. The van der Waals surface area contributed by atoms with Crippen molar-refractivity contribution in [3.8, 4) is 5.75 Å². The van der Waals surface area contributed by atoms with E-state index in [1.54, 1.807) is 12.1 Å². The molecule has 0 fully saturated rings. The van der Waals surface area contributed by atoms with E-state index in [0.29, 0.717) is 5.75 Å². The van der Waals surface area contributed by atoms with Gasteiger partial charge in [0.05, 0.1) is 0 Å². The minimum absolute atomic E-state index is 0.0805. The van der Waals surface area contributed by atoms with Crippen molar-refractivity contribution in [3.63, 3.8) is 0 Å². The highest BCUT2D eigenvalue weighted by Gasteiger charge is 2.15. The van der Waals surface area contributed by atoms with Crippen molar-refractivity contribution in [2.45, 2.75) is 25.3 Å². The smallest absolute Gasteiger partial charge is 0.115 e. The van der Waals surface area contributed by atoms with E-state index in [-0.39, 0.29) is 12.0 Å². The molecule has 94 valence electrons. The number of hydrogen-bond donors (Lipinski definition) is 2. The summed E-state index contributed by atoms with van der Waals surface area (Å²) in [6, 6.07) is 17.7. The van der Waals surface area contributed by atoms with Crippen LogP contribution in [0.1, 0.15) is 24.0 Å². The molecule has 3 N–H and O–H groups in total. The molecular weight excluding hydrogens is 222 g/mol. The molecule has 0 spiro atoms. The van der Waals surface area contributed by atoms with Crippen LogP contribution in [0.3, 0.4) is 0 Å². The second-order valence-electron chi connectivity index (χ2n) is 4.73. The summed E-state index contributed by atoms with van der Waals surface area (Å²) < 4.78 is 0. The van der Waals surface area contributed by atoms with E-state index in [1.165, 1.54) is 5.56 Å². The summed E-state index contributed by atoms with van der Waals surface area (Å²) in [6.07, 6.45) is 0.864. The van der Waals surface area contributed by atoms with Crippen LogP contribution in [0.15, 0.2) is 54.6 Å². The second-order valence-corrected chi connectivity index (χ2v) is 4.73. The van der Waals surface area contributed by atoms with Crippen LogP contribution in [0.25, 0.3) is 0 Å². The maximum Gasteiger partial charge on any atom is 0.115 e. The number of phenols is 1. The zero-order chi connectivity index (χ0) is 13.0. The van der Waals surface area contributed by atoms with Crippen LogP contribution < -0.4 is 5.73 Å². The Kier molecular flexibility index (Phi) is 4.00. The normalized spacial score (nSPS) is 14.1. The number of benzene rings is 2. The highest BCUT2D eigenvalue weighted by atomic mass is 16.3. The Labute approximate surface area is 108 Å². The van der Waals surface area contributed by atoms with Gasteiger partial charge in [0.2, 0.25) is 0 Å². The van der Waals surface area contributed by atoms with Crippen molar-refractivity contribution < 1.29 is 5.11 Å². The van der Waals surface area contributed by atoms with E-state index in [1.807, 2.05) is 30.3 Å². The van der Waals surface area contributed by atoms with Crippen molar-refractivity contribution in [1.29, 1.82) is 0 Å². The highest BCUT2D eigenvalue weighted by molar-refractivity contribution is 5.29. The second kappa shape index (κ2) is 5.69. The topological polar surface area (TPSA) is 46.2 Å². The monoisotopic (exact) mass is 241 g/mol. The predicted molar refractivity (Wildman–Crippen MR) is 74.6 cm³/mol. The molecule has 0 bridgehead atoms. The lowest BCUT2D eigenvalue weighted by atomic mass is 9.90. The molecule has 2 heteroatoms. The summed E-state index contributed by atoms with van der Waals surface area (Å²) >= 11 is 0. The van der Waals surface area contributed by atoms with Crippen LogP contribution in [0.4, 0.5) is 0 Å². The number of rotatable bonds is 4. The van der Waals surface area contributed by atoms with Gasteiger partial charge in [-0.05, 0) is 35.6 Å². The Morgan fingerprint density at radius 3 is 2.22 bits per heavy atom. The lowest BCUT2D eigenvalue weighted by Crippen LogP contribution is -2.29. The van der Waals surface area contributed by atoms with Gasteiger partial charge < -0.3 is 10.8 Å². The molecule has 0 saturated heterocycles. The molecule has 0 heterocycles. The fourth-order valence-electron chi connectivity index (χ4n) is 2.09. The largest absolute Gasteiger partial charge is 0.508 e. The third kappa shape index (κ3) is 3.11. The highest BCUT2D eigenvalue weighted by Crippen LogP contribution is 2.22. The average Bonchev–Trinajstić information content (AvgIpc) is 2.40. The van der Waals surface area contributed by atoms with E-state index in [0.717, 1.165) is 12.0 Å². The maximum absolute atomic E-state index is 9.28. The minimum Gasteiger partial charge on any atom is -0.508 e. The maximum atomic E-state index is 9.28. The first-order chi connectivity index (χ1) is 8.66. The first kappa shape index (κ1) is 12.7. The fourth-order valence-corrected chi connectivity index (χ4v) is 2.09. The van der Waals surface area contributed by atoms with Gasteiger partial charge in [-0.1, -0.05) is 49.4 Å².